The molecule has 0 saturated carbocycles. The molecule has 0 unspecified atom stereocenters. The van der Waals surface area contributed by atoms with Gasteiger partial charge in [0.1, 0.15) is 10.1 Å². The van der Waals surface area contributed by atoms with Crippen LogP contribution in [0, 0.1) is 0 Å². The zero-order valence-electron chi connectivity index (χ0n) is 11.8. The van der Waals surface area contributed by atoms with Crippen LogP contribution in [-0.4, -0.2) is 9.49 Å². The first-order chi connectivity index (χ1) is 11.1. The van der Waals surface area contributed by atoms with Gasteiger partial charge in [-0.25, -0.2) is 4.99 Å². The Bertz CT molecular complexity index is 803. The zero-order chi connectivity index (χ0) is 16.2. The second-order valence-electron chi connectivity index (χ2n) is 4.71. The maximum atomic E-state index is 12.1. The van der Waals surface area contributed by atoms with E-state index >= 15 is 0 Å². The van der Waals surface area contributed by atoms with Crippen molar-refractivity contribution in [3.05, 3.63) is 75.4 Å². The first-order valence-corrected chi connectivity index (χ1v) is 9.32. The first-order valence-electron chi connectivity index (χ1n) is 6.77. The standard InChI is InChI=1S/C17H11Cl2NOS2/c18-13-8-4-7-12(15(13)19)9-14-16(21)23-17(20-14)22-10-11-5-2-1-3-6-11/h1-9H,10H2. The van der Waals surface area contributed by atoms with Gasteiger partial charge < -0.3 is 0 Å². The van der Waals surface area contributed by atoms with Gasteiger partial charge in [0.15, 0.2) is 0 Å². The van der Waals surface area contributed by atoms with Gasteiger partial charge in [-0.3, -0.25) is 4.79 Å². The van der Waals surface area contributed by atoms with Crippen molar-refractivity contribution < 1.29 is 4.79 Å². The predicted molar refractivity (Wildman–Crippen MR) is 102 cm³/mol. The number of hydrogen-bond donors (Lipinski definition) is 0. The molecule has 0 bridgehead atoms. The Morgan fingerprint density at radius 3 is 2.65 bits per heavy atom. The lowest BCUT2D eigenvalue weighted by molar-refractivity contribution is -0.107. The summed E-state index contributed by atoms with van der Waals surface area (Å²) in [4.78, 5) is 16.5. The number of hydrogen-bond acceptors (Lipinski definition) is 4. The number of carbonyl (C=O) groups excluding carboxylic acids is 1. The van der Waals surface area contributed by atoms with Crippen molar-refractivity contribution in [3.8, 4) is 0 Å². The Labute approximate surface area is 153 Å². The quantitative estimate of drug-likeness (QED) is 0.621. The number of halogens is 2. The van der Waals surface area contributed by atoms with Crippen LogP contribution in [-0.2, 0) is 10.5 Å². The van der Waals surface area contributed by atoms with Crippen LogP contribution in [0.1, 0.15) is 11.1 Å². The molecule has 0 fully saturated rings. The van der Waals surface area contributed by atoms with Crippen molar-refractivity contribution in [1.82, 2.24) is 0 Å². The summed E-state index contributed by atoms with van der Waals surface area (Å²) in [5.41, 5.74) is 2.29. The summed E-state index contributed by atoms with van der Waals surface area (Å²) in [7, 11) is 0. The van der Waals surface area contributed by atoms with Crippen LogP contribution in [0.15, 0.2) is 59.2 Å². The van der Waals surface area contributed by atoms with E-state index in [0.717, 1.165) is 21.9 Å². The second kappa shape index (κ2) is 7.58. The van der Waals surface area contributed by atoms with Gasteiger partial charge >= 0.3 is 0 Å². The third-order valence-electron chi connectivity index (χ3n) is 3.08. The van der Waals surface area contributed by atoms with Crippen LogP contribution in [0.3, 0.4) is 0 Å². The molecule has 0 atom stereocenters. The predicted octanol–water partition coefficient (Wildman–Crippen LogP) is 5.90. The van der Waals surface area contributed by atoms with E-state index in [9.17, 15) is 4.79 Å². The fourth-order valence-corrected chi connectivity index (χ4v) is 4.11. The highest BCUT2D eigenvalue weighted by Crippen LogP contribution is 2.34. The minimum absolute atomic E-state index is 0.0726. The van der Waals surface area contributed by atoms with E-state index in [1.54, 1.807) is 30.0 Å². The summed E-state index contributed by atoms with van der Waals surface area (Å²) >= 11 is 14.8. The Kier molecular flexibility index (Phi) is 5.49. The molecule has 2 nitrogen and oxygen atoms in total. The summed E-state index contributed by atoms with van der Waals surface area (Å²) in [6, 6.07) is 15.4. The zero-order valence-corrected chi connectivity index (χ0v) is 15.0. The van der Waals surface area contributed by atoms with Gasteiger partial charge in [0.25, 0.3) is 0 Å². The van der Waals surface area contributed by atoms with Gasteiger partial charge in [-0.15, -0.1) is 0 Å². The molecule has 0 saturated heterocycles. The Hall–Kier alpha value is -1.20. The highest BCUT2D eigenvalue weighted by Gasteiger charge is 2.22. The van der Waals surface area contributed by atoms with Crippen LogP contribution < -0.4 is 0 Å². The highest BCUT2D eigenvalue weighted by molar-refractivity contribution is 8.45. The molecule has 1 aliphatic heterocycles. The van der Waals surface area contributed by atoms with Crippen molar-refractivity contribution in [2.24, 2.45) is 4.99 Å². The fraction of sp³-hybridized carbons (Fsp3) is 0.0588. The molecule has 0 radical (unpaired) electrons. The maximum Gasteiger partial charge on any atom is 0.244 e. The number of rotatable bonds is 3. The summed E-state index contributed by atoms with van der Waals surface area (Å²) in [6.07, 6.45) is 1.68. The monoisotopic (exact) mass is 379 g/mol. The van der Waals surface area contributed by atoms with Crippen molar-refractivity contribution >= 4 is 62.3 Å². The van der Waals surface area contributed by atoms with E-state index in [0.29, 0.717) is 21.3 Å². The first kappa shape index (κ1) is 16.7. The van der Waals surface area contributed by atoms with Gasteiger partial charge in [-0.05, 0) is 35.0 Å². The van der Waals surface area contributed by atoms with Crippen molar-refractivity contribution in [3.63, 3.8) is 0 Å². The normalized spacial score (nSPS) is 16.0. The number of aliphatic imine (C=N–C) groups is 1. The van der Waals surface area contributed by atoms with Gasteiger partial charge in [0.05, 0.1) is 10.0 Å². The molecule has 2 aromatic rings. The van der Waals surface area contributed by atoms with Crippen molar-refractivity contribution in [1.29, 1.82) is 0 Å². The van der Waals surface area contributed by atoms with E-state index in [2.05, 4.69) is 17.1 Å². The fourth-order valence-electron chi connectivity index (χ4n) is 1.95. The van der Waals surface area contributed by atoms with Crippen LogP contribution in [0.2, 0.25) is 10.0 Å². The van der Waals surface area contributed by atoms with E-state index in [1.807, 2.05) is 24.3 Å². The SMILES string of the molecule is O=C1SC(SCc2ccccc2)=NC1=Cc1cccc(Cl)c1Cl. The third-order valence-corrected chi connectivity index (χ3v) is 5.99. The minimum atomic E-state index is -0.0726. The van der Waals surface area contributed by atoms with Crippen LogP contribution in [0.4, 0.5) is 0 Å². The third kappa shape index (κ3) is 4.21. The largest absolute Gasteiger partial charge is 0.279 e. The average molecular weight is 380 g/mol. The molecule has 2 aromatic carbocycles. The lowest BCUT2D eigenvalue weighted by Gasteiger charge is -2.00. The Morgan fingerprint density at radius 2 is 1.87 bits per heavy atom. The lowest BCUT2D eigenvalue weighted by Crippen LogP contribution is -1.89. The molecule has 6 heteroatoms. The molecule has 0 aliphatic carbocycles. The van der Waals surface area contributed by atoms with Gasteiger partial charge in [0, 0.05) is 5.75 Å². The highest BCUT2D eigenvalue weighted by atomic mass is 35.5. The summed E-state index contributed by atoms with van der Waals surface area (Å²) in [5, 5.41) is 0.818. The molecule has 0 N–H and O–H groups in total. The molecule has 0 amide bonds. The van der Waals surface area contributed by atoms with Crippen LogP contribution in [0.25, 0.3) is 6.08 Å². The van der Waals surface area contributed by atoms with Crippen molar-refractivity contribution in [2.45, 2.75) is 5.75 Å². The minimum Gasteiger partial charge on any atom is -0.279 e. The van der Waals surface area contributed by atoms with Crippen molar-refractivity contribution in [2.75, 3.05) is 0 Å². The molecule has 23 heavy (non-hydrogen) atoms. The van der Waals surface area contributed by atoms with Crippen LogP contribution >= 0.6 is 46.7 Å². The molecule has 3 rings (SSSR count). The summed E-state index contributed by atoms with van der Waals surface area (Å²) in [5.74, 6) is 0.783. The van der Waals surface area contributed by atoms with E-state index in [1.165, 1.54) is 5.56 Å². The maximum absolute atomic E-state index is 12.1. The average Bonchev–Trinajstić information content (AvgIpc) is 2.91. The van der Waals surface area contributed by atoms with Gasteiger partial charge in [-0.2, -0.15) is 0 Å². The molecule has 0 spiro atoms. The van der Waals surface area contributed by atoms with Crippen LogP contribution in [0.5, 0.6) is 0 Å². The second-order valence-corrected chi connectivity index (χ2v) is 7.68. The smallest absolute Gasteiger partial charge is 0.244 e. The van der Waals surface area contributed by atoms with Gasteiger partial charge in [0.2, 0.25) is 5.12 Å². The molecule has 116 valence electrons. The molecule has 0 aromatic heterocycles. The Morgan fingerprint density at radius 1 is 1.09 bits per heavy atom. The summed E-state index contributed by atoms with van der Waals surface area (Å²) in [6.45, 7) is 0. The molecule has 1 aliphatic rings. The summed E-state index contributed by atoms with van der Waals surface area (Å²) < 4.78 is 0.753. The number of thioether (sulfide) groups is 2. The number of nitrogens with zero attached hydrogens (tertiary/aromatic N) is 1. The topological polar surface area (TPSA) is 29.4 Å². The van der Waals surface area contributed by atoms with E-state index in [4.69, 9.17) is 23.2 Å². The van der Waals surface area contributed by atoms with Gasteiger partial charge in [-0.1, -0.05) is 77.4 Å². The molecular formula is C17H11Cl2NOS2. The van der Waals surface area contributed by atoms with E-state index in [-0.39, 0.29) is 5.12 Å². The lowest BCUT2D eigenvalue weighted by atomic mass is 10.2. The molecular weight excluding hydrogens is 369 g/mol. The van der Waals surface area contributed by atoms with E-state index < -0.39 is 0 Å². The number of benzene rings is 2. The number of carbonyl (C=O) groups is 1. The Balaban J connectivity index is 1.76. The molecule has 1 heterocycles.